The van der Waals surface area contributed by atoms with E-state index in [1.165, 1.54) is 0 Å². The molecule has 0 radical (unpaired) electrons. The highest BCUT2D eigenvalue weighted by atomic mass is 16.6. The van der Waals surface area contributed by atoms with Gasteiger partial charge in [-0.3, -0.25) is 4.90 Å². The number of ether oxygens (including phenoxy) is 2. The van der Waals surface area contributed by atoms with Gasteiger partial charge in [0.25, 0.3) is 0 Å². The van der Waals surface area contributed by atoms with Gasteiger partial charge in [0, 0.05) is 6.07 Å². The van der Waals surface area contributed by atoms with Crippen molar-refractivity contribution in [2.75, 3.05) is 25.2 Å². The molecule has 0 aromatic heterocycles. The fourth-order valence-electron chi connectivity index (χ4n) is 2.10. The van der Waals surface area contributed by atoms with Crippen LogP contribution in [0.4, 0.5) is 10.5 Å². The van der Waals surface area contributed by atoms with E-state index in [1.807, 2.05) is 18.2 Å². The molecule has 1 fully saturated rings. The predicted octanol–water partition coefficient (Wildman–Crippen LogP) is 2.95. The Labute approximate surface area is 107 Å². The van der Waals surface area contributed by atoms with Crippen LogP contribution >= 0.6 is 0 Å². The van der Waals surface area contributed by atoms with Crippen molar-refractivity contribution in [2.24, 2.45) is 0 Å². The van der Waals surface area contributed by atoms with E-state index in [0.717, 1.165) is 17.0 Å². The molecule has 2 rings (SSSR count). The molecule has 1 aromatic rings. The monoisotopic (exact) mass is 249 g/mol. The maximum absolute atomic E-state index is 11.5. The summed E-state index contributed by atoms with van der Waals surface area (Å²) in [5.41, 5.74) is 1.96. The van der Waals surface area contributed by atoms with Gasteiger partial charge in [-0.15, -0.1) is 0 Å². The molecule has 1 amide bonds. The summed E-state index contributed by atoms with van der Waals surface area (Å²) in [5, 5.41) is 0. The first-order valence-electron chi connectivity index (χ1n) is 6.06. The minimum absolute atomic E-state index is 0.00932. The Morgan fingerprint density at radius 3 is 2.56 bits per heavy atom. The first kappa shape index (κ1) is 12.7. The van der Waals surface area contributed by atoms with Crippen LogP contribution in [0.1, 0.15) is 26.3 Å². The summed E-state index contributed by atoms with van der Waals surface area (Å²) in [5.74, 6) is 0.805. The first-order chi connectivity index (χ1) is 8.43. The first-order valence-corrected chi connectivity index (χ1v) is 6.06. The predicted molar refractivity (Wildman–Crippen MR) is 70.4 cm³/mol. The van der Waals surface area contributed by atoms with E-state index < -0.39 is 0 Å². The van der Waals surface area contributed by atoms with Crippen molar-refractivity contribution in [2.45, 2.75) is 26.2 Å². The van der Waals surface area contributed by atoms with Crippen LogP contribution in [0.15, 0.2) is 18.2 Å². The molecule has 1 heterocycles. The molecule has 1 aliphatic rings. The van der Waals surface area contributed by atoms with Crippen molar-refractivity contribution in [1.82, 2.24) is 0 Å². The van der Waals surface area contributed by atoms with Gasteiger partial charge < -0.3 is 9.47 Å². The number of hydrogen-bond acceptors (Lipinski definition) is 3. The van der Waals surface area contributed by atoms with Crippen molar-refractivity contribution in [3.63, 3.8) is 0 Å². The SMILES string of the molecule is COc1cc(N2CCOC2=O)ccc1C(C)(C)C. The second-order valence-corrected chi connectivity index (χ2v) is 5.40. The second-order valence-electron chi connectivity index (χ2n) is 5.40. The standard InChI is InChI=1S/C14H19NO3/c1-14(2,3)11-6-5-10(9-12(11)17-4)15-7-8-18-13(15)16/h5-6,9H,7-8H2,1-4H3. The van der Waals surface area contributed by atoms with E-state index in [2.05, 4.69) is 20.8 Å². The molecule has 0 N–H and O–H groups in total. The highest BCUT2D eigenvalue weighted by molar-refractivity contribution is 5.89. The number of benzene rings is 1. The third-order valence-corrected chi connectivity index (χ3v) is 3.07. The lowest BCUT2D eigenvalue weighted by Crippen LogP contribution is -2.23. The number of cyclic esters (lactones) is 1. The maximum atomic E-state index is 11.5. The lowest BCUT2D eigenvalue weighted by Gasteiger charge is -2.23. The van der Waals surface area contributed by atoms with Crippen LogP contribution in [0, 0.1) is 0 Å². The van der Waals surface area contributed by atoms with Gasteiger partial charge in [0.2, 0.25) is 0 Å². The van der Waals surface area contributed by atoms with Crippen molar-refractivity contribution in [1.29, 1.82) is 0 Å². The molecule has 4 nitrogen and oxygen atoms in total. The number of anilines is 1. The largest absolute Gasteiger partial charge is 0.496 e. The Balaban J connectivity index is 2.39. The highest BCUT2D eigenvalue weighted by Crippen LogP contribution is 2.34. The average molecular weight is 249 g/mol. The zero-order valence-corrected chi connectivity index (χ0v) is 11.3. The lowest BCUT2D eigenvalue weighted by molar-refractivity contribution is 0.181. The van der Waals surface area contributed by atoms with Crippen LogP contribution in [0.5, 0.6) is 5.75 Å². The van der Waals surface area contributed by atoms with E-state index in [9.17, 15) is 4.79 Å². The van der Waals surface area contributed by atoms with E-state index in [1.54, 1.807) is 12.0 Å². The molecule has 0 bridgehead atoms. The van der Waals surface area contributed by atoms with E-state index in [0.29, 0.717) is 13.2 Å². The Morgan fingerprint density at radius 1 is 1.33 bits per heavy atom. The zero-order valence-electron chi connectivity index (χ0n) is 11.3. The van der Waals surface area contributed by atoms with Gasteiger partial charge in [0.1, 0.15) is 12.4 Å². The van der Waals surface area contributed by atoms with E-state index in [4.69, 9.17) is 9.47 Å². The van der Waals surface area contributed by atoms with Gasteiger partial charge in [-0.2, -0.15) is 0 Å². The lowest BCUT2D eigenvalue weighted by atomic mass is 9.86. The van der Waals surface area contributed by atoms with Crippen molar-refractivity contribution < 1.29 is 14.3 Å². The molecule has 1 saturated heterocycles. The Hall–Kier alpha value is -1.71. The van der Waals surface area contributed by atoms with E-state index in [-0.39, 0.29) is 11.5 Å². The van der Waals surface area contributed by atoms with Crippen LogP contribution in [-0.2, 0) is 10.2 Å². The van der Waals surface area contributed by atoms with Crippen LogP contribution in [-0.4, -0.2) is 26.4 Å². The summed E-state index contributed by atoms with van der Waals surface area (Å²) in [4.78, 5) is 13.1. The van der Waals surface area contributed by atoms with Gasteiger partial charge in [0.05, 0.1) is 19.3 Å². The Kier molecular flexibility index (Phi) is 3.20. The molecule has 4 heteroatoms. The summed E-state index contributed by atoms with van der Waals surface area (Å²) in [6, 6.07) is 5.85. The topological polar surface area (TPSA) is 38.8 Å². The van der Waals surface area contributed by atoms with Crippen LogP contribution in [0.2, 0.25) is 0 Å². The van der Waals surface area contributed by atoms with Gasteiger partial charge in [-0.05, 0) is 17.0 Å². The minimum atomic E-state index is -0.291. The second kappa shape index (κ2) is 4.52. The number of nitrogens with zero attached hydrogens (tertiary/aromatic N) is 1. The summed E-state index contributed by atoms with van der Waals surface area (Å²) in [6.45, 7) is 7.44. The molecule has 1 aromatic carbocycles. The molecule has 0 spiro atoms. The summed E-state index contributed by atoms with van der Waals surface area (Å²) in [6.07, 6.45) is -0.291. The molecule has 1 aliphatic heterocycles. The maximum Gasteiger partial charge on any atom is 0.414 e. The Morgan fingerprint density at radius 2 is 2.06 bits per heavy atom. The smallest absolute Gasteiger partial charge is 0.414 e. The van der Waals surface area contributed by atoms with Gasteiger partial charge in [-0.1, -0.05) is 26.8 Å². The number of amides is 1. The molecule has 0 saturated carbocycles. The number of hydrogen-bond donors (Lipinski definition) is 0. The zero-order chi connectivity index (χ0) is 13.3. The normalized spacial score (nSPS) is 15.8. The van der Waals surface area contributed by atoms with Crippen LogP contribution < -0.4 is 9.64 Å². The molecule has 0 atom stereocenters. The third-order valence-electron chi connectivity index (χ3n) is 3.07. The quantitative estimate of drug-likeness (QED) is 0.809. The number of carbonyl (C=O) groups excluding carboxylic acids is 1. The fraction of sp³-hybridized carbons (Fsp3) is 0.500. The van der Waals surface area contributed by atoms with Crippen LogP contribution in [0.3, 0.4) is 0 Å². The van der Waals surface area contributed by atoms with Crippen molar-refractivity contribution in [3.8, 4) is 5.75 Å². The molecular weight excluding hydrogens is 230 g/mol. The van der Waals surface area contributed by atoms with Gasteiger partial charge >= 0.3 is 6.09 Å². The molecule has 98 valence electrons. The summed E-state index contributed by atoms with van der Waals surface area (Å²) >= 11 is 0. The van der Waals surface area contributed by atoms with Crippen LogP contribution in [0.25, 0.3) is 0 Å². The van der Waals surface area contributed by atoms with Crippen molar-refractivity contribution >= 4 is 11.8 Å². The molecular formula is C14H19NO3. The molecule has 0 unspecified atom stereocenters. The van der Waals surface area contributed by atoms with E-state index >= 15 is 0 Å². The molecule has 18 heavy (non-hydrogen) atoms. The molecule has 0 aliphatic carbocycles. The minimum Gasteiger partial charge on any atom is -0.496 e. The number of carbonyl (C=O) groups is 1. The number of rotatable bonds is 2. The summed E-state index contributed by atoms with van der Waals surface area (Å²) < 4.78 is 10.4. The number of methoxy groups -OCH3 is 1. The van der Waals surface area contributed by atoms with Gasteiger partial charge in [-0.25, -0.2) is 4.79 Å². The summed E-state index contributed by atoms with van der Waals surface area (Å²) in [7, 11) is 1.65. The van der Waals surface area contributed by atoms with Crippen molar-refractivity contribution in [3.05, 3.63) is 23.8 Å². The Bertz CT molecular complexity index is 463. The average Bonchev–Trinajstić information content (AvgIpc) is 2.73. The highest BCUT2D eigenvalue weighted by Gasteiger charge is 2.26. The third kappa shape index (κ3) is 2.28. The van der Waals surface area contributed by atoms with Gasteiger partial charge in [0.15, 0.2) is 0 Å². The fourth-order valence-corrected chi connectivity index (χ4v) is 2.10.